The molecule has 0 aliphatic carbocycles. The molecule has 5 nitrogen and oxygen atoms in total. The number of benzene rings is 1. The average molecular weight is 304 g/mol. The van der Waals surface area contributed by atoms with Gasteiger partial charge in [0.1, 0.15) is 0 Å². The van der Waals surface area contributed by atoms with E-state index in [-0.39, 0.29) is 6.04 Å². The lowest BCUT2D eigenvalue weighted by atomic mass is 9.81. The number of nitrogens with zero attached hydrogens (tertiary/aromatic N) is 2. The Bertz CT molecular complexity index is 586. The fourth-order valence-electron chi connectivity index (χ4n) is 3.78. The van der Waals surface area contributed by atoms with Gasteiger partial charge in [0.2, 0.25) is 0 Å². The Kier molecular flexibility index (Phi) is 4.25. The van der Waals surface area contributed by atoms with Crippen molar-refractivity contribution in [3.8, 4) is 11.5 Å². The Labute approximate surface area is 131 Å². The van der Waals surface area contributed by atoms with Crippen LogP contribution in [0.25, 0.3) is 0 Å². The van der Waals surface area contributed by atoms with Gasteiger partial charge in [-0.3, -0.25) is 4.90 Å². The molecule has 1 aromatic carbocycles. The smallest absolute Gasteiger partial charge is 0.161 e. The summed E-state index contributed by atoms with van der Waals surface area (Å²) < 4.78 is 10.9. The second kappa shape index (κ2) is 6.16. The van der Waals surface area contributed by atoms with Crippen LogP contribution in [-0.2, 0) is 6.42 Å². The predicted octanol–water partition coefficient (Wildman–Crippen LogP) is 2.86. The number of oxime groups is 1. The first-order chi connectivity index (χ1) is 10.7. The standard InChI is InChI=1S/C17H24N2O3/c1-4-11-10-19-6-5-12-7-16(21-2)17(22-3)8-13(12)15(19)9-14(11)18-20/h7-8,11,15,20H,4-6,9-10H2,1-3H3/b18-14-. The Morgan fingerprint density at radius 1 is 1.27 bits per heavy atom. The zero-order valence-corrected chi connectivity index (χ0v) is 13.5. The summed E-state index contributed by atoms with van der Waals surface area (Å²) >= 11 is 0. The first kappa shape index (κ1) is 15.2. The average Bonchev–Trinajstić information content (AvgIpc) is 2.58. The van der Waals surface area contributed by atoms with Crippen LogP contribution in [0, 0.1) is 5.92 Å². The van der Waals surface area contributed by atoms with Crippen LogP contribution in [0.3, 0.4) is 0 Å². The zero-order chi connectivity index (χ0) is 15.7. The van der Waals surface area contributed by atoms with E-state index < -0.39 is 0 Å². The molecule has 0 spiro atoms. The Morgan fingerprint density at radius 2 is 2.00 bits per heavy atom. The maximum absolute atomic E-state index is 9.34. The highest BCUT2D eigenvalue weighted by molar-refractivity contribution is 5.88. The van der Waals surface area contributed by atoms with Gasteiger partial charge in [-0.15, -0.1) is 0 Å². The molecule has 2 unspecified atom stereocenters. The van der Waals surface area contributed by atoms with E-state index in [2.05, 4.69) is 29.1 Å². The fraction of sp³-hybridized carbons (Fsp3) is 0.588. The molecule has 0 radical (unpaired) electrons. The van der Waals surface area contributed by atoms with Crippen molar-refractivity contribution in [2.45, 2.75) is 32.2 Å². The van der Waals surface area contributed by atoms with Crippen molar-refractivity contribution in [2.75, 3.05) is 27.3 Å². The minimum absolute atomic E-state index is 0.275. The summed E-state index contributed by atoms with van der Waals surface area (Å²) in [6.07, 6.45) is 2.83. The van der Waals surface area contributed by atoms with Gasteiger partial charge in [-0.1, -0.05) is 12.1 Å². The van der Waals surface area contributed by atoms with Crippen LogP contribution < -0.4 is 9.47 Å². The molecule has 1 saturated heterocycles. The summed E-state index contributed by atoms with van der Waals surface area (Å²) in [5.74, 6) is 1.92. The Morgan fingerprint density at radius 3 is 2.64 bits per heavy atom. The van der Waals surface area contributed by atoms with Crippen molar-refractivity contribution in [3.63, 3.8) is 0 Å². The molecular weight excluding hydrogens is 280 g/mol. The summed E-state index contributed by atoms with van der Waals surface area (Å²) in [6, 6.07) is 4.46. The third-order valence-corrected chi connectivity index (χ3v) is 5.06. The molecule has 0 aromatic heterocycles. The largest absolute Gasteiger partial charge is 0.493 e. The molecule has 0 amide bonds. The monoisotopic (exact) mass is 304 g/mol. The van der Waals surface area contributed by atoms with Gasteiger partial charge < -0.3 is 14.7 Å². The highest BCUT2D eigenvalue weighted by atomic mass is 16.5. The van der Waals surface area contributed by atoms with Crippen LogP contribution in [0.1, 0.15) is 36.9 Å². The molecule has 1 aromatic rings. The van der Waals surface area contributed by atoms with Gasteiger partial charge in [-0.2, -0.15) is 0 Å². The van der Waals surface area contributed by atoms with Crippen LogP contribution >= 0.6 is 0 Å². The SMILES string of the molecule is CCC1CN2CCc3cc(OC)c(OC)cc3C2C/C1=N/O. The number of hydrogen-bond donors (Lipinski definition) is 1. The number of rotatable bonds is 3. The molecule has 2 atom stereocenters. The van der Waals surface area contributed by atoms with Gasteiger partial charge >= 0.3 is 0 Å². The van der Waals surface area contributed by atoms with E-state index in [1.165, 1.54) is 11.1 Å². The van der Waals surface area contributed by atoms with Crippen molar-refractivity contribution in [2.24, 2.45) is 11.1 Å². The molecule has 3 rings (SSSR count). The molecule has 1 N–H and O–H groups in total. The lowest BCUT2D eigenvalue weighted by molar-refractivity contribution is 0.149. The van der Waals surface area contributed by atoms with Crippen molar-refractivity contribution in [3.05, 3.63) is 23.3 Å². The predicted molar refractivity (Wildman–Crippen MR) is 85.2 cm³/mol. The molecule has 2 heterocycles. The van der Waals surface area contributed by atoms with E-state index in [9.17, 15) is 5.21 Å². The fourth-order valence-corrected chi connectivity index (χ4v) is 3.78. The van der Waals surface area contributed by atoms with Crippen LogP contribution in [0.4, 0.5) is 0 Å². The molecule has 0 bridgehead atoms. The number of fused-ring (bicyclic) bond motifs is 3. The van der Waals surface area contributed by atoms with E-state index in [0.29, 0.717) is 5.92 Å². The number of ether oxygens (including phenoxy) is 2. The van der Waals surface area contributed by atoms with Crippen LogP contribution in [0.2, 0.25) is 0 Å². The quantitative estimate of drug-likeness (QED) is 0.689. The molecular formula is C17H24N2O3. The van der Waals surface area contributed by atoms with Crippen molar-refractivity contribution < 1.29 is 14.7 Å². The van der Waals surface area contributed by atoms with Gasteiger partial charge in [0, 0.05) is 31.5 Å². The first-order valence-electron chi connectivity index (χ1n) is 7.91. The van der Waals surface area contributed by atoms with Gasteiger partial charge in [0.15, 0.2) is 11.5 Å². The molecule has 5 heteroatoms. The second-order valence-electron chi connectivity index (χ2n) is 6.07. The Balaban J connectivity index is 1.98. The van der Waals surface area contributed by atoms with Gasteiger partial charge in [0.25, 0.3) is 0 Å². The molecule has 2 aliphatic heterocycles. The lowest BCUT2D eigenvalue weighted by Crippen LogP contribution is -2.46. The number of hydrogen-bond acceptors (Lipinski definition) is 5. The highest BCUT2D eigenvalue weighted by Gasteiger charge is 2.37. The third-order valence-electron chi connectivity index (χ3n) is 5.06. The molecule has 120 valence electrons. The summed E-state index contributed by atoms with van der Waals surface area (Å²) in [5, 5.41) is 12.9. The summed E-state index contributed by atoms with van der Waals surface area (Å²) in [6.45, 7) is 4.17. The van der Waals surface area contributed by atoms with Gasteiger partial charge in [0.05, 0.1) is 19.9 Å². The van der Waals surface area contributed by atoms with Gasteiger partial charge in [-0.25, -0.2) is 0 Å². The highest BCUT2D eigenvalue weighted by Crippen LogP contribution is 2.42. The summed E-state index contributed by atoms with van der Waals surface area (Å²) in [4.78, 5) is 2.51. The number of methoxy groups -OCH3 is 2. The number of piperidine rings is 1. The molecule has 0 saturated carbocycles. The van der Waals surface area contributed by atoms with Crippen molar-refractivity contribution in [1.29, 1.82) is 0 Å². The minimum Gasteiger partial charge on any atom is -0.493 e. The molecule has 1 fully saturated rings. The normalized spacial score (nSPS) is 26.4. The van der Waals surface area contributed by atoms with Crippen molar-refractivity contribution >= 4 is 5.71 Å². The second-order valence-corrected chi connectivity index (χ2v) is 6.07. The van der Waals surface area contributed by atoms with E-state index in [1.54, 1.807) is 14.2 Å². The van der Waals surface area contributed by atoms with E-state index in [1.807, 2.05) is 0 Å². The van der Waals surface area contributed by atoms with Crippen LogP contribution in [0.15, 0.2) is 17.3 Å². The first-order valence-corrected chi connectivity index (χ1v) is 7.91. The van der Waals surface area contributed by atoms with Crippen LogP contribution in [-0.4, -0.2) is 43.1 Å². The third kappa shape index (κ3) is 2.43. The van der Waals surface area contributed by atoms with Crippen LogP contribution in [0.5, 0.6) is 11.5 Å². The maximum atomic E-state index is 9.34. The topological polar surface area (TPSA) is 54.3 Å². The minimum atomic E-state index is 0.275. The molecule has 22 heavy (non-hydrogen) atoms. The van der Waals surface area contributed by atoms with E-state index >= 15 is 0 Å². The summed E-state index contributed by atoms with van der Waals surface area (Å²) in [7, 11) is 3.34. The molecule has 2 aliphatic rings. The summed E-state index contributed by atoms with van der Waals surface area (Å²) in [5.41, 5.74) is 3.51. The van der Waals surface area contributed by atoms with E-state index in [0.717, 1.165) is 49.6 Å². The van der Waals surface area contributed by atoms with E-state index in [4.69, 9.17) is 9.47 Å². The maximum Gasteiger partial charge on any atom is 0.161 e. The zero-order valence-electron chi connectivity index (χ0n) is 13.5. The Hall–Kier alpha value is -1.75. The van der Waals surface area contributed by atoms with Crippen molar-refractivity contribution in [1.82, 2.24) is 4.90 Å². The lowest BCUT2D eigenvalue weighted by Gasteiger charge is -2.43. The van der Waals surface area contributed by atoms with Gasteiger partial charge in [-0.05, 0) is 36.1 Å².